The van der Waals surface area contributed by atoms with Gasteiger partial charge in [0.05, 0.1) is 19.6 Å². The van der Waals surface area contributed by atoms with Crippen LogP contribution >= 0.6 is 0 Å². The molecule has 1 aromatic rings. The SMILES string of the molecule is COC(=O)CC=NNc1ccc([NH+]([O-])O)cc1[NH+]([O-])O. The molecular weight excluding hydrogens is 272 g/mol. The molecule has 0 aliphatic heterocycles. The predicted octanol–water partition coefficient (Wildman–Crippen LogP) is -1.55. The molecule has 2 unspecified atom stereocenters. The van der Waals surface area contributed by atoms with Crippen molar-refractivity contribution in [2.24, 2.45) is 5.10 Å². The van der Waals surface area contributed by atoms with Crippen molar-refractivity contribution in [3.05, 3.63) is 28.6 Å². The average molecular weight is 286 g/mol. The van der Waals surface area contributed by atoms with Crippen LogP contribution in [0.5, 0.6) is 0 Å². The minimum Gasteiger partial charge on any atom is -0.595 e. The van der Waals surface area contributed by atoms with Crippen LogP contribution in [-0.2, 0) is 9.53 Å². The van der Waals surface area contributed by atoms with E-state index in [4.69, 9.17) is 10.4 Å². The Morgan fingerprint density at radius 2 is 2.15 bits per heavy atom. The zero-order chi connectivity index (χ0) is 15.1. The van der Waals surface area contributed by atoms with E-state index >= 15 is 0 Å². The van der Waals surface area contributed by atoms with Crippen molar-refractivity contribution < 1.29 is 30.4 Å². The van der Waals surface area contributed by atoms with Crippen LogP contribution in [0.2, 0.25) is 0 Å². The van der Waals surface area contributed by atoms with E-state index in [1.54, 1.807) is 0 Å². The van der Waals surface area contributed by atoms with Gasteiger partial charge >= 0.3 is 5.97 Å². The predicted molar refractivity (Wildman–Crippen MR) is 66.7 cm³/mol. The molecule has 0 saturated carbocycles. The number of anilines is 1. The maximum absolute atomic E-state index is 11.0. The number of ether oxygens (including phenoxy) is 1. The summed E-state index contributed by atoms with van der Waals surface area (Å²) in [6.45, 7) is 0. The number of hydrazone groups is 1. The Morgan fingerprint density at radius 3 is 2.70 bits per heavy atom. The first-order valence-electron chi connectivity index (χ1n) is 5.40. The normalized spacial score (nSPS) is 14.1. The van der Waals surface area contributed by atoms with Gasteiger partial charge in [-0.05, 0) is 6.07 Å². The molecular formula is C10H14N4O6. The molecule has 20 heavy (non-hydrogen) atoms. The Labute approximate surface area is 113 Å². The summed E-state index contributed by atoms with van der Waals surface area (Å²) in [5.74, 6) is -0.491. The van der Waals surface area contributed by atoms with Gasteiger partial charge in [0.15, 0.2) is 11.4 Å². The number of carbonyl (C=O) groups excluding carboxylic acids is 1. The topological polar surface area (TPSA) is 146 Å². The van der Waals surface area contributed by atoms with Crippen LogP contribution in [0.15, 0.2) is 23.3 Å². The number of nitrogens with one attached hydrogen (secondary N) is 3. The van der Waals surface area contributed by atoms with Gasteiger partial charge < -0.3 is 15.2 Å². The fourth-order valence-corrected chi connectivity index (χ4v) is 1.27. The Balaban J connectivity index is 2.81. The van der Waals surface area contributed by atoms with Crippen LogP contribution < -0.4 is 15.9 Å². The van der Waals surface area contributed by atoms with Gasteiger partial charge in [0, 0.05) is 12.3 Å². The molecule has 2 atom stereocenters. The highest BCUT2D eigenvalue weighted by atomic mass is 16.8. The summed E-state index contributed by atoms with van der Waals surface area (Å²) < 4.78 is 4.39. The monoisotopic (exact) mass is 286 g/mol. The van der Waals surface area contributed by atoms with Crippen molar-refractivity contribution in [2.45, 2.75) is 6.42 Å². The fraction of sp³-hybridized carbons (Fsp3) is 0.200. The molecule has 10 nitrogen and oxygen atoms in total. The Bertz CT molecular complexity index is 491. The summed E-state index contributed by atoms with van der Waals surface area (Å²) in [5.41, 5.74) is 2.16. The molecule has 0 aliphatic rings. The second kappa shape index (κ2) is 7.49. The van der Waals surface area contributed by atoms with E-state index in [0.29, 0.717) is 0 Å². The van der Waals surface area contributed by atoms with Crippen LogP contribution in [0.1, 0.15) is 6.42 Å². The van der Waals surface area contributed by atoms with Crippen LogP contribution in [0.4, 0.5) is 17.1 Å². The molecule has 1 aromatic carbocycles. The van der Waals surface area contributed by atoms with E-state index in [1.165, 1.54) is 25.5 Å². The van der Waals surface area contributed by atoms with Crippen molar-refractivity contribution in [2.75, 3.05) is 12.5 Å². The van der Waals surface area contributed by atoms with E-state index in [1.807, 2.05) is 0 Å². The standard InChI is InChI=1S/C10H14N4O6/c1-20-10(15)4-5-11-12-8-3-2-7(13(16)17)6-9(8)14(18)19/h2-3,5-6,12-14,16,18H,4H2,1H3. The van der Waals surface area contributed by atoms with Crippen LogP contribution in [-0.4, -0.2) is 29.7 Å². The maximum Gasteiger partial charge on any atom is 0.311 e. The number of benzene rings is 1. The number of nitrogens with zero attached hydrogens (tertiary/aromatic N) is 1. The third kappa shape index (κ3) is 4.55. The van der Waals surface area contributed by atoms with Gasteiger partial charge in [-0.1, -0.05) is 0 Å². The van der Waals surface area contributed by atoms with Crippen LogP contribution in [0, 0.1) is 10.4 Å². The van der Waals surface area contributed by atoms with E-state index < -0.39 is 16.4 Å². The summed E-state index contributed by atoms with van der Waals surface area (Å²) in [6, 6.07) is 3.54. The van der Waals surface area contributed by atoms with Crippen molar-refractivity contribution in [1.29, 1.82) is 0 Å². The summed E-state index contributed by atoms with van der Waals surface area (Å²) >= 11 is 0. The lowest BCUT2D eigenvalue weighted by molar-refractivity contribution is -0.996. The molecule has 0 spiro atoms. The Morgan fingerprint density at radius 1 is 1.45 bits per heavy atom. The number of methoxy groups -OCH3 is 1. The van der Waals surface area contributed by atoms with Gasteiger partial charge in [-0.3, -0.25) is 10.2 Å². The van der Waals surface area contributed by atoms with Gasteiger partial charge in [0.2, 0.25) is 0 Å². The van der Waals surface area contributed by atoms with E-state index in [2.05, 4.69) is 15.3 Å². The van der Waals surface area contributed by atoms with Crippen molar-refractivity contribution in [3.8, 4) is 0 Å². The van der Waals surface area contributed by atoms with E-state index in [0.717, 1.165) is 6.07 Å². The van der Waals surface area contributed by atoms with Crippen molar-refractivity contribution >= 4 is 29.2 Å². The first-order valence-corrected chi connectivity index (χ1v) is 5.40. The van der Waals surface area contributed by atoms with E-state index in [9.17, 15) is 15.2 Å². The third-order valence-electron chi connectivity index (χ3n) is 2.26. The number of hydrogen-bond donors (Lipinski definition) is 5. The number of quaternary nitrogens is 2. The highest BCUT2D eigenvalue weighted by Crippen LogP contribution is 2.20. The highest BCUT2D eigenvalue weighted by Gasteiger charge is 2.13. The lowest BCUT2D eigenvalue weighted by atomic mass is 10.2. The van der Waals surface area contributed by atoms with Gasteiger partial charge in [-0.2, -0.15) is 15.6 Å². The molecule has 10 heteroatoms. The van der Waals surface area contributed by atoms with Gasteiger partial charge in [0.1, 0.15) is 5.69 Å². The molecule has 5 N–H and O–H groups in total. The molecule has 0 aromatic heterocycles. The highest BCUT2D eigenvalue weighted by molar-refractivity contribution is 5.86. The Hall–Kier alpha value is -2.08. The first-order chi connectivity index (χ1) is 9.45. The lowest BCUT2D eigenvalue weighted by Gasteiger charge is -2.17. The zero-order valence-electron chi connectivity index (χ0n) is 10.5. The molecule has 110 valence electrons. The minimum atomic E-state index is -1.29. The van der Waals surface area contributed by atoms with Crippen LogP contribution in [0.3, 0.4) is 0 Å². The zero-order valence-corrected chi connectivity index (χ0v) is 10.5. The first kappa shape index (κ1) is 16.0. The van der Waals surface area contributed by atoms with Gasteiger partial charge in [0.25, 0.3) is 0 Å². The molecule has 0 bridgehead atoms. The molecule has 0 saturated heterocycles. The number of hydrogen-bond acceptors (Lipinski definition) is 8. The Kier molecular flexibility index (Phi) is 5.99. The van der Waals surface area contributed by atoms with Gasteiger partial charge in [-0.25, -0.2) is 10.4 Å². The summed E-state index contributed by atoms with van der Waals surface area (Å²) in [6.07, 6.45) is 1.14. The maximum atomic E-state index is 11.0. The second-order valence-electron chi connectivity index (χ2n) is 3.57. The largest absolute Gasteiger partial charge is 0.595 e. The smallest absolute Gasteiger partial charge is 0.311 e. The molecule has 0 amide bonds. The quantitative estimate of drug-likeness (QED) is 0.242. The molecule has 1 rings (SSSR count). The van der Waals surface area contributed by atoms with Gasteiger partial charge in [-0.15, -0.1) is 0 Å². The third-order valence-corrected chi connectivity index (χ3v) is 2.26. The average Bonchev–Trinajstić information content (AvgIpc) is 2.42. The summed E-state index contributed by atoms with van der Waals surface area (Å²) in [4.78, 5) is 10.8. The molecule has 0 heterocycles. The minimum absolute atomic E-state index is 0.0703. The number of carbonyl (C=O) groups is 1. The van der Waals surface area contributed by atoms with Crippen LogP contribution in [0.25, 0.3) is 0 Å². The second-order valence-corrected chi connectivity index (χ2v) is 3.57. The van der Waals surface area contributed by atoms with Crippen molar-refractivity contribution in [3.63, 3.8) is 0 Å². The van der Waals surface area contributed by atoms with Crippen molar-refractivity contribution in [1.82, 2.24) is 0 Å². The number of rotatable bonds is 6. The molecule has 0 radical (unpaired) electrons. The van der Waals surface area contributed by atoms with E-state index in [-0.39, 0.29) is 23.5 Å². The fourth-order valence-electron chi connectivity index (χ4n) is 1.27. The summed E-state index contributed by atoms with van der Waals surface area (Å²) in [7, 11) is 1.23. The summed E-state index contributed by atoms with van der Waals surface area (Å²) in [5, 5.41) is 40.7. The molecule has 0 aliphatic carbocycles. The lowest BCUT2D eigenvalue weighted by Crippen LogP contribution is -3.00. The molecule has 0 fully saturated rings. The number of esters is 1.